The van der Waals surface area contributed by atoms with Gasteiger partial charge in [0.1, 0.15) is 0 Å². The average molecular weight is 510 g/mol. The molecule has 37 heavy (non-hydrogen) atoms. The van der Waals surface area contributed by atoms with Gasteiger partial charge in [0.15, 0.2) is 5.78 Å². The molecular formula is C28H19N3O5S. The zero-order valence-corrected chi connectivity index (χ0v) is 20.0. The molecule has 0 aliphatic carbocycles. The molecule has 1 aliphatic heterocycles. The zero-order valence-electron chi connectivity index (χ0n) is 19.1. The maximum atomic E-state index is 13.2. The van der Waals surface area contributed by atoms with Crippen molar-refractivity contribution in [2.24, 2.45) is 0 Å². The predicted molar refractivity (Wildman–Crippen MR) is 142 cm³/mol. The Morgan fingerprint density at radius 2 is 1.59 bits per heavy atom. The number of carbonyl (C=O) groups is 4. The van der Waals surface area contributed by atoms with Gasteiger partial charge >= 0.3 is 5.97 Å². The molecule has 8 nitrogen and oxygen atoms in total. The van der Waals surface area contributed by atoms with Crippen molar-refractivity contribution < 1.29 is 24.3 Å². The standard InChI is InChI=1S/C28H19N3O5S/c32-25(17-3-1-4-20(13-17)30-27(34)24-5-2-12-37-24)18-8-11-21-22(26(33)31-23(21)14-18)15-29-19-9-6-16(7-10-19)28(35)36/h1-15,29H,(H,30,34)(H,31,33)(H,35,36)/b22-15-. The summed E-state index contributed by atoms with van der Waals surface area (Å²) in [6, 6.07) is 21.3. The van der Waals surface area contributed by atoms with E-state index >= 15 is 0 Å². The van der Waals surface area contributed by atoms with Gasteiger partial charge in [-0.15, -0.1) is 11.3 Å². The summed E-state index contributed by atoms with van der Waals surface area (Å²) in [7, 11) is 0. The lowest BCUT2D eigenvalue weighted by Gasteiger charge is -2.08. The third-order valence-electron chi connectivity index (χ3n) is 5.71. The zero-order chi connectivity index (χ0) is 25.9. The van der Waals surface area contributed by atoms with Gasteiger partial charge in [-0.05, 0) is 53.9 Å². The van der Waals surface area contributed by atoms with Gasteiger partial charge in [0.25, 0.3) is 11.8 Å². The second-order valence-electron chi connectivity index (χ2n) is 8.14. The molecule has 0 saturated carbocycles. The van der Waals surface area contributed by atoms with Crippen LogP contribution in [0.1, 0.15) is 41.5 Å². The van der Waals surface area contributed by atoms with Crippen molar-refractivity contribution in [1.29, 1.82) is 0 Å². The van der Waals surface area contributed by atoms with Gasteiger partial charge in [-0.3, -0.25) is 14.4 Å². The fraction of sp³-hybridized carbons (Fsp3) is 0. The SMILES string of the molecule is O=C1Nc2cc(C(=O)c3cccc(NC(=O)c4cccs4)c3)ccc2/C1=C/Nc1ccc(C(=O)O)cc1. The van der Waals surface area contributed by atoms with E-state index in [0.717, 1.165) is 0 Å². The van der Waals surface area contributed by atoms with Crippen LogP contribution in [0.15, 0.2) is 90.4 Å². The first kappa shape index (κ1) is 23.7. The number of benzene rings is 3. The van der Waals surface area contributed by atoms with E-state index in [9.17, 15) is 19.2 Å². The van der Waals surface area contributed by atoms with Gasteiger partial charge in [0, 0.05) is 40.0 Å². The third-order valence-corrected chi connectivity index (χ3v) is 6.58. The van der Waals surface area contributed by atoms with E-state index in [1.807, 2.05) is 5.38 Å². The van der Waals surface area contributed by atoms with Crippen molar-refractivity contribution >= 4 is 57.5 Å². The van der Waals surface area contributed by atoms with Crippen LogP contribution in [-0.2, 0) is 4.79 Å². The van der Waals surface area contributed by atoms with Crippen molar-refractivity contribution in [2.75, 3.05) is 16.0 Å². The number of aromatic carboxylic acids is 1. The molecule has 3 aromatic carbocycles. The van der Waals surface area contributed by atoms with Gasteiger partial charge < -0.3 is 21.1 Å². The van der Waals surface area contributed by atoms with Crippen molar-refractivity contribution in [3.63, 3.8) is 0 Å². The predicted octanol–water partition coefficient (Wildman–Crippen LogP) is 5.33. The summed E-state index contributed by atoms with van der Waals surface area (Å²) in [5, 5.41) is 19.4. The maximum Gasteiger partial charge on any atom is 0.335 e. The van der Waals surface area contributed by atoms with Gasteiger partial charge in [-0.1, -0.05) is 30.3 Å². The number of thiophene rings is 1. The van der Waals surface area contributed by atoms with Crippen LogP contribution in [0.5, 0.6) is 0 Å². The molecule has 9 heteroatoms. The number of ketones is 1. The van der Waals surface area contributed by atoms with E-state index < -0.39 is 5.97 Å². The highest BCUT2D eigenvalue weighted by Crippen LogP contribution is 2.33. The molecule has 0 bridgehead atoms. The summed E-state index contributed by atoms with van der Waals surface area (Å²) >= 11 is 1.33. The van der Waals surface area contributed by atoms with Gasteiger partial charge in [0.05, 0.1) is 16.0 Å². The molecule has 0 spiro atoms. The number of anilines is 3. The Bertz CT molecular complexity index is 1570. The lowest BCUT2D eigenvalue weighted by atomic mass is 9.99. The summed E-state index contributed by atoms with van der Waals surface area (Å²) in [6.07, 6.45) is 1.54. The molecule has 1 aromatic heterocycles. The topological polar surface area (TPSA) is 125 Å². The Morgan fingerprint density at radius 3 is 2.32 bits per heavy atom. The summed E-state index contributed by atoms with van der Waals surface area (Å²) in [6.45, 7) is 0. The molecule has 2 amide bonds. The molecule has 0 unspecified atom stereocenters. The van der Waals surface area contributed by atoms with E-state index in [4.69, 9.17) is 5.11 Å². The van der Waals surface area contributed by atoms with Crippen LogP contribution in [0.4, 0.5) is 17.1 Å². The van der Waals surface area contributed by atoms with Gasteiger partial charge in [-0.2, -0.15) is 0 Å². The number of carboxylic acid groups (broad SMARTS) is 1. The second kappa shape index (κ2) is 9.92. The Balaban J connectivity index is 1.33. The largest absolute Gasteiger partial charge is 0.478 e. The molecule has 0 fully saturated rings. The Hall–Kier alpha value is -5.02. The van der Waals surface area contributed by atoms with Crippen LogP contribution < -0.4 is 16.0 Å². The second-order valence-corrected chi connectivity index (χ2v) is 9.09. The molecule has 182 valence electrons. The number of carboxylic acids is 1. The molecule has 4 aromatic rings. The highest BCUT2D eigenvalue weighted by Gasteiger charge is 2.25. The maximum absolute atomic E-state index is 13.2. The van der Waals surface area contributed by atoms with Crippen molar-refractivity contribution in [1.82, 2.24) is 0 Å². The smallest absolute Gasteiger partial charge is 0.335 e. The molecule has 0 atom stereocenters. The van der Waals surface area contributed by atoms with E-state index in [1.54, 1.807) is 66.7 Å². The van der Waals surface area contributed by atoms with Gasteiger partial charge in [0.2, 0.25) is 0 Å². The summed E-state index contributed by atoms with van der Waals surface area (Å²) in [4.78, 5) is 49.7. The fourth-order valence-electron chi connectivity index (χ4n) is 3.85. The van der Waals surface area contributed by atoms with E-state index in [-0.39, 0.29) is 23.2 Å². The minimum atomic E-state index is -1.02. The van der Waals surface area contributed by atoms with Crippen LogP contribution >= 0.6 is 11.3 Å². The monoisotopic (exact) mass is 509 g/mol. The Labute approximate surface area is 215 Å². The molecule has 0 radical (unpaired) electrons. The number of nitrogens with one attached hydrogen (secondary N) is 3. The minimum Gasteiger partial charge on any atom is -0.478 e. The normalized spacial score (nSPS) is 13.1. The first-order valence-electron chi connectivity index (χ1n) is 11.1. The molecule has 4 N–H and O–H groups in total. The quantitative estimate of drug-likeness (QED) is 0.197. The number of hydrogen-bond acceptors (Lipinski definition) is 6. The number of hydrogen-bond donors (Lipinski definition) is 4. The lowest BCUT2D eigenvalue weighted by molar-refractivity contribution is -0.110. The number of amides is 2. The fourth-order valence-corrected chi connectivity index (χ4v) is 4.47. The van der Waals surface area contributed by atoms with Crippen LogP contribution in [-0.4, -0.2) is 28.7 Å². The van der Waals surface area contributed by atoms with E-state index in [0.29, 0.717) is 44.2 Å². The number of fused-ring (bicyclic) bond motifs is 1. The highest BCUT2D eigenvalue weighted by atomic mass is 32.1. The molecule has 5 rings (SSSR count). The van der Waals surface area contributed by atoms with Crippen molar-refractivity contribution in [3.8, 4) is 0 Å². The van der Waals surface area contributed by atoms with Crippen molar-refractivity contribution in [2.45, 2.75) is 0 Å². The van der Waals surface area contributed by atoms with E-state index in [2.05, 4.69) is 16.0 Å². The molecular weight excluding hydrogens is 490 g/mol. The van der Waals surface area contributed by atoms with Crippen LogP contribution in [0.2, 0.25) is 0 Å². The molecule has 0 saturated heterocycles. The van der Waals surface area contributed by atoms with Crippen LogP contribution in [0, 0.1) is 0 Å². The number of carbonyl (C=O) groups excluding carboxylic acids is 3. The Morgan fingerprint density at radius 1 is 0.838 bits per heavy atom. The van der Waals surface area contributed by atoms with Crippen LogP contribution in [0.25, 0.3) is 5.57 Å². The first-order valence-corrected chi connectivity index (χ1v) is 12.0. The third kappa shape index (κ3) is 5.02. The van der Waals surface area contributed by atoms with Crippen LogP contribution in [0.3, 0.4) is 0 Å². The minimum absolute atomic E-state index is 0.162. The summed E-state index contributed by atoms with van der Waals surface area (Å²) in [5.41, 5.74) is 3.60. The summed E-state index contributed by atoms with van der Waals surface area (Å²) in [5.74, 6) is -1.84. The molecule has 1 aliphatic rings. The summed E-state index contributed by atoms with van der Waals surface area (Å²) < 4.78 is 0. The Kier molecular flexibility index (Phi) is 6.36. The highest BCUT2D eigenvalue weighted by molar-refractivity contribution is 7.12. The average Bonchev–Trinajstić information content (AvgIpc) is 3.55. The van der Waals surface area contributed by atoms with Crippen molar-refractivity contribution in [3.05, 3.63) is 118 Å². The lowest BCUT2D eigenvalue weighted by Crippen LogP contribution is -2.11. The first-order chi connectivity index (χ1) is 17.9. The van der Waals surface area contributed by atoms with Gasteiger partial charge in [-0.25, -0.2) is 4.79 Å². The molecule has 2 heterocycles. The van der Waals surface area contributed by atoms with E-state index in [1.165, 1.54) is 29.7 Å². The number of rotatable bonds is 7.